The van der Waals surface area contributed by atoms with Gasteiger partial charge < -0.3 is 24.8 Å². The Balaban J connectivity index is 1.26. The minimum atomic E-state index is -0.306. The number of hydrogen-bond acceptors (Lipinski definition) is 6. The van der Waals surface area contributed by atoms with Crippen LogP contribution in [0.3, 0.4) is 0 Å². The summed E-state index contributed by atoms with van der Waals surface area (Å²) in [6.45, 7) is 0.772. The molecule has 0 atom stereocenters. The Bertz CT molecular complexity index is 1200. The molecular weight excluding hydrogens is 452 g/mol. The van der Waals surface area contributed by atoms with E-state index in [9.17, 15) is 9.59 Å². The van der Waals surface area contributed by atoms with Crippen LogP contribution in [0.25, 0.3) is 0 Å². The first-order valence-electron chi connectivity index (χ1n) is 11.1. The molecule has 1 fully saturated rings. The van der Waals surface area contributed by atoms with E-state index in [1.54, 1.807) is 30.3 Å². The summed E-state index contributed by atoms with van der Waals surface area (Å²) >= 11 is 1.53. The number of anilines is 2. The summed E-state index contributed by atoms with van der Waals surface area (Å²) in [5.74, 6) is 1.59. The van der Waals surface area contributed by atoms with Gasteiger partial charge in [-0.3, -0.25) is 9.59 Å². The first-order valence-corrected chi connectivity index (χ1v) is 12.0. The number of fused-ring (bicyclic) bond motifs is 1. The summed E-state index contributed by atoms with van der Waals surface area (Å²) in [5.41, 5.74) is 1.28. The summed E-state index contributed by atoms with van der Waals surface area (Å²) in [5, 5.41) is 5.81. The fourth-order valence-electron chi connectivity index (χ4n) is 3.46. The first kappa shape index (κ1) is 22.2. The molecule has 174 valence electrons. The van der Waals surface area contributed by atoms with Crippen molar-refractivity contribution >= 4 is 35.0 Å². The van der Waals surface area contributed by atoms with Crippen LogP contribution in [0.4, 0.5) is 11.4 Å². The summed E-state index contributed by atoms with van der Waals surface area (Å²) < 4.78 is 17.1. The molecule has 3 aromatic rings. The lowest BCUT2D eigenvalue weighted by Gasteiger charge is -2.21. The van der Waals surface area contributed by atoms with Gasteiger partial charge in [0.05, 0.1) is 5.69 Å². The quantitative estimate of drug-likeness (QED) is 0.477. The minimum absolute atomic E-state index is 0.0250. The van der Waals surface area contributed by atoms with Crippen LogP contribution < -0.4 is 24.8 Å². The van der Waals surface area contributed by atoms with E-state index in [1.807, 2.05) is 36.4 Å². The summed E-state index contributed by atoms with van der Waals surface area (Å²) in [7, 11) is 0. The zero-order valence-corrected chi connectivity index (χ0v) is 19.2. The smallest absolute Gasteiger partial charge is 0.262 e. The lowest BCUT2D eigenvalue weighted by atomic mass is 10.2. The molecule has 7 nitrogen and oxygen atoms in total. The zero-order valence-electron chi connectivity index (χ0n) is 18.4. The van der Waals surface area contributed by atoms with Crippen molar-refractivity contribution in [3.05, 3.63) is 66.7 Å². The van der Waals surface area contributed by atoms with E-state index in [1.165, 1.54) is 11.8 Å². The van der Waals surface area contributed by atoms with Gasteiger partial charge in [0.25, 0.3) is 5.91 Å². The van der Waals surface area contributed by atoms with Gasteiger partial charge in [-0.2, -0.15) is 0 Å². The number of ether oxygens (including phenoxy) is 3. The van der Waals surface area contributed by atoms with Crippen LogP contribution in [0, 0.1) is 5.92 Å². The maximum atomic E-state index is 12.7. The molecule has 0 spiro atoms. The Hall–Kier alpha value is -3.65. The first-order chi connectivity index (χ1) is 16.6. The fraction of sp³-hybridized carbons (Fsp3) is 0.231. The van der Waals surface area contributed by atoms with E-state index in [2.05, 4.69) is 10.6 Å². The third kappa shape index (κ3) is 5.63. The second kappa shape index (κ2) is 10.1. The second-order valence-electron chi connectivity index (χ2n) is 8.04. The van der Waals surface area contributed by atoms with Crippen LogP contribution in [0.5, 0.6) is 17.2 Å². The molecule has 34 heavy (non-hydrogen) atoms. The molecule has 1 aliphatic heterocycles. The normalized spacial score (nSPS) is 14.2. The average molecular weight is 477 g/mol. The molecule has 2 aliphatic rings. The van der Waals surface area contributed by atoms with Gasteiger partial charge >= 0.3 is 0 Å². The van der Waals surface area contributed by atoms with E-state index in [-0.39, 0.29) is 24.3 Å². The van der Waals surface area contributed by atoms with E-state index in [0.717, 1.165) is 22.6 Å². The van der Waals surface area contributed by atoms with Crippen LogP contribution in [0.1, 0.15) is 12.8 Å². The SMILES string of the molecule is O=C(COc1cccc(NC(=O)C2CC2)c1)Nc1cc2c(cc1Sc1ccccc1)OCCO2. The highest BCUT2D eigenvalue weighted by atomic mass is 32.2. The summed E-state index contributed by atoms with van der Waals surface area (Å²) in [4.78, 5) is 26.6. The Morgan fingerprint density at radius 1 is 0.912 bits per heavy atom. The van der Waals surface area contributed by atoms with Crippen LogP contribution in [0.2, 0.25) is 0 Å². The molecule has 2 amide bonds. The second-order valence-corrected chi connectivity index (χ2v) is 9.15. The molecule has 0 aromatic heterocycles. The summed E-state index contributed by atoms with van der Waals surface area (Å²) in [6.07, 6.45) is 1.87. The highest BCUT2D eigenvalue weighted by molar-refractivity contribution is 7.99. The number of carbonyl (C=O) groups excluding carboxylic acids is 2. The molecule has 3 aromatic carbocycles. The fourth-order valence-corrected chi connectivity index (χ4v) is 4.39. The van der Waals surface area contributed by atoms with Gasteiger partial charge in [0.1, 0.15) is 19.0 Å². The predicted molar refractivity (Wildman–Crippen MR) is 130 cm³/mol. The van der Waals surface area contributed by atoms with Crippen LogP contribution >= 0.6 is 11.8 Å². The van der Waals surface area contributed by atoms with Crippen molar-refractivity contribution < 1.29 is 23.8 Å². The molecular formula is C26H24N2O5S. The van der Waals surface area contributed by atoms with Crippen molar-refractivity contribution in [1.82, 2.24) is 0 Å². The van der Waals surface area contributed by atoms with E-state index in [4.69, 9.17) is 14.2 Å². The minimum Gasteiger partial charge on any atom is -0.486 e. The highest BCUT2D eigenvalue weighted by Gasteiger charge is 2.29. The van der Waals surface area contributed by atoms with E-state index < -0.39 is 0 Å². The monoisotopic (exact) mass is 476 g/mol. The van der Waals surface area contributed by atoms with Crippen molar-refractivity contribution in [2.75, 3.05) is 30.5 Å². The van der Waals surface area contributed by atoms with E-state index >= 15 is 0 Å². The van der Waals surface area contributed by atoms with Crippen molar-refractivity contribution in [2.24, 2.45) is 5.92 Å². The molecule has 0 saturated heterocycles. The largest absolute Gasteiger partial charge is 0.486 e. The van der Waals surface area contributed by atoms with Crippen molar-refractivity contribution in [3.8, 4) is 17.2 Å². The third-order valence-corrected chi connectivity index (χ3v) is 6.37. The van der Waals surface area contributed by atoms with Gasteiger partial charge in [-0.15, -0.1) is 0 Å². The molecule has 1 aliphatic carbocycles. The number of amides is 2. The number of benzene rings is 3. The molecule has 0 bridgehead atoms. The maximum absolute atomic E-state index is 12.7. The van der Waals surface area contributed by atoms with Crippen molar-refractivity contribution in [1.29, 1.82) is 0 Å². The zero-order chi connectivity index (χ0) is 23.3. The predicted octanol–water partition coefficient (Wildman–Crippen LogP) is 4.98. The number of hydrogen-bond donors (Lipinski definition) is 2. The number of nitrogens with one attached hydrogen (secondary N) is 2. The molecule has 0 unspecified atom stereocenters. The van der Waals surface area contributed by atoms with Crippen molar-refractivity contribution in [3.63, 3.8) is 0 Å². The van der Waals surface area contributed by atoms with Gasteiger partial charge in [0, 0.05) is 39.6 Å². The van der Waals surface area contributed by atoms with Gasteiger partial charge in [-0.25, -0.2) is 0 Å². The molecule has 1 heterocycles. The Kier molecular flexibility index (Phi) is 6.58. The standard InChI is InChI=1S/C26H24N2O5S/c29-25(16-33-19-6-4-5-18(13-19)27-26(30)17-9-10-17)28-21-14-22-23(32-12-11-31-22)15-24(21)34-20-7-2-1-3-8-20/h1-8,13-15,17H,9-12,16H2,(H,27,30)(H,28,29). The topological polar surface area (TPSA) is 85.9 Å². The Morgan fingerprint density at radius 3 is 2.44 bits per heavy atom. The molecule has 1 saturated carbocycles. The van der Waals surface area contributed by atoms with Gasteiger partial charge in [0.15, 0.2) is 18.1 Å². The lowest BCUT2D eigenvalue weighted by Crippen LogP contribution is -2.21. The molecule has 5 rings (SSSR count). The number of carbonyl (C=O) groups is 2. The lowest BCUT2D eigenvalue weighted by molar-refractivity contribution is -0.118. The van der Waals surface area contributed by atoms with Crippen LogP contribution in [-0.4, -0.2) is 31.6 Å². The average Bonchev–Trinajstić information content (AvgIpc) is 3.70. The highest BCUT2D eigenvalue weighted by Crippen LogP contribution is 2.42. The van der Waals surface area contributed by atoms with Crippen LogP contribution in [-0.2, 0) is 9.59 Å². The number of rotatable bonds is 8. The van der Waals surface area contributed by atoms with Crippen molar-refractivity contribution in [2.45, 2.75) is 22.6 Å². The Labute approximate surface area is 201 Å². The summed E-state index contributed by atoms with van der Waals surface area (Å²) in [6, 6.07) is 20.6. The third-order valence-electron chi connectivity index (χ3n) is 5.31. The Morgan fingerprint density at radius 2 is 1.68 bits per heavy atom. The molecule has 0 radical (unpaired) electrons. The van der Waals surface area contributed by atoms with Gasteiger partial charge in [-0.1, -0.05) is 36.0 Å². The van der Waals surface area contributed by atoms with Gasteiger partial charge in [0.2, 0.25) is 5.91 Å². The van der Waals surface area contributed by atoms with Crippen LogP contribution in [0.15, 0.2) is 76.5 Å². The molecule has 8 heteroatoms. The maximum Gasteiger partial charge on any atom is 0.262 e. The molecule has 2 N–H and O–H groups in total. The van der Waals surface area contributed by atoms with Gasteiger partial charge in [-0.05, 0) is 37.1 Å². The van der Waals surface area contributed by atoms with E-state index in [0.29, 0.717) is 41.8 Å².